The summed E-state index contributed by atoms with van der Waals surface area (Å²) in [5.41, 5.74) is 10.8. The number of anilines is 1. The van der Waals surface area contributed by atoms with Crippen molar-refractivity contribution < 1.29 is 14.3 Å². The van der Waals surface area contributed by atoms with Gasteiger partial charge in [-0.25, -0.2) is 0 Å². The molecular weight excluding hydrogens is 496 g/mol. The minimum Gasteiger partial charge on any atom is -0.491 e. The van der Waals surface area contributed by atoms with Gasteiger partial charge < -0.3 is 15.2 Å². The van der Waals surface area contributed by atoms with Gasteiger partial charge in [-0.3, -0.25) is 10.1 Å². The van der Waals surface area contributed by atoms with Gasteiger partial charge in [-0.15, -0.1) is 0 Å². The normalized spacial score (nSPS) is 11.9. The molecule has 0 heterocycles. The molecule has 0 bridgehead atoms. The standard InChI is InChI=1S/C35H32N2O3/c1-39-34(38)33(25-40-32-22-12-14-27(24-32)26-13-11-21-31(36)23-26)37-35(28-15-5-2-6-16-28,29-17-7-3-8-18-29)30-19-9-4-10-20-30/h2-24,33,37H,25,36H2,1H3. The van der Waals surface area contributed by atoms with Crippen molar-refractivity contribution >= 4 is 11.7 Å². The third-order valence-corrected chi connectivity index (χ3v) is 6.97. The van der Waals surface area contributed by atoms with Gasteiger partial charge in [0.25, 0.3) is 0 Å². The lowest BCUT2D eigenvalue weighted by Crippen LogP contribution is -2.55. The number of esters is 1. The van der Waals surface area contributed by atoms with E-state index in [0.717, 1.165) is 27.8 Å². The summed E-state index contributed by atoms with van der Waals surface area (Å²) in [6.07, 6.45) is 0. The van der Waals surface area contributed by atoms with E-state index in [9.17, 15) is 4.79 Å². The van der Waals surface area contributed by atoms with Crippen molar-refractivity contribution in [1.29, 1.82) is 0 Å². The zero-order valence-electron chi connectivity index (χ0n) is 22.4. The summed E-state index contributed by atoms with van der Waals surface area (Å²) < 4.78 is 11.5. The number of methoxy groups -OCH3 is 1. The van der Waals surface area contributed by atoms with E-state index in [2.05, 4.69) is 41.7 Å². The topological polar surface area (TPSA) is 73.6 Å². The molecule has 1 unspecified atom stereocenters. The number of nitrogens with two attached hydrogens (primary N) is 1. The zero-order chi connectivity index (χ0) is 27.8. The van der Waals surface area contributed by atoms with Gasteiger partial charge in [0.05, 0.1) is 12.6 Å². The fourth-order valence-corrected chi connectivity index (χ4v) is 5.05. The Morgan fingerprint density at radius 3 is 1.70 bits per heavy atom. The van der Waals surface area contributed by atoms with Gasteiger partial charge in [0.1, 0.15) is 18.4 Å². The number of rotatable bonds is 10. The van der Waals surface area contributed by atoms with Crippen LogP contribution in [0, 0.1) is 0 Å². The maximum Gasteiger partial charge on any atom is 0.326 e. The van der Waals surface area contributed by atoms with Crippen LogP contribution in [0.4, 0.5) is 5.69 Å². The van der Waals surface area contributed by atoms with Crippen LogP contribution in [0.3, 0.4) is 0 Å². The molecule has 0 fully saturated rings. The van der Waals surface area contributed by atoms with Crippen molar-refractivity contribution in [2.45, 2.75) is 11.6 Å². The third-order valence-electron chi connectivity index (χ3n) is 6.97. The Hall–Kier alpha value is -4.87. The number of ether oxygens (including phenoxy) is 2. The molecule has 0 saturated carbocycles. The number of nitrogens with one attached hydrogen (secondary N) is 1. The van der Waals surface area contributed by atoms with E-state index in [1.165, 1.54) is 7.11 Å². The largest absolute Gasteiger partial charge is 0.491 e. The molecule has 1 atom stereocenters. The summed E-state index contributed by atoms with van der Waals surface area (Å²) in [4.78, 5) is 13.3. The molecule has 40 heavy (non-hydrogen) atoms. The van der Waals surface area contributed by atoms with Crippen molar-refractivity contribution in [3.63, 3.8) is 0 Å². The summed E-state index contributed by atoms with van der Waals surface area (Å²) in [6.45, 7) is 0.0569. The smallest absolute Gasteiger partial charge is 0.326 e. The van der Waals surface area contributed by atoms with Crippen molar-refractivity contribution in [2.24, 2.45) is 0 Å². The Morgan fingerprint density at radius 1 is 0.700 bits per heavy atom. The van der Waals surface area contributed by atoms with Crippen LogP contribution in [0.5, 0.6) is 5.75 Å². The summed E-state index contributed by atoms with van der Waals surface area (Å²) in [6, 6.07) is 45.0. The van der Waals surface area contributed by atoms with Crippen LogP contribution in [0.15, 0.2) is 140 Å². The average Bonchev–Trinajstić information content (AvgIpc) is 3.02. The van der Waals surface area contributed by atoms with E-state index in [-0.39, 0.29) is 6.61 Å². The SMILES string of the molecule is COC(=O)C(COc1cccc(-c2cccc(N)c2)c1)NC(c1ccccc1)(c1ccccc1)c1ccccc1. The van der Waals surface area contributed by atoms with Gasteiger partial charge in [0.15, 0.2) is 0 Å². The monoisotopic (exact) mass is 528 g/mol. The number of carbonyl (C=O) groups excluding carboxylic acids is 1. The van der Waals surface area contributed by atoms with E-state index in [0.29, 0.717) is 11.4 Å². The zero-order valence-corrected chi connectivity index (χ0v) is 22.4. The fourth-order valence-electron chi connectivity index (χ4n) is 5.05. The molecule has 5 nitrogen and oxygen atoms in total. The van der Waals surface area contributed by atoms with E-state index in [1.807, 2.05) is 103 Å². The van der Waals surface area contributed by atoms with Crippen molar-refractivity contribution in [2.75, 3.05) is 19.5 Å². The van der Waals surface area contributed by atoms with Crippen molar-refractivity contribution in [1.82, 2.24) is 5.32 Å². The summed E-state index contributed by atoms with van der Waals surface area (Å²) in [5, 5.41) is 3.68. The molecule has 0 radical (unpaired) electrons. The Labute approximate surface area is 235 Å². The average molecular weight is 529 g/mol. The predicted octanol–water partition coefficient (Wildman–Crippen LogP) is 6.44. The van der Waals surface area contributed by atoms with Crippen LogP contribution in [0.2, 0.25) is 0 Å². The van der Waals surface area contributed by atoms with Gasteiger partial charge in [0.2, 0.25) is 0 Å². The molecule has 5 heteroatoms. The molecular formula is C35H32N2O3. The lowest BCUT2D eigenvalue weighted by atomic mass is 9.76. The highest BCUT2D eigenvalue weighted by molar-refractivity contribution is 5.76. The van der Waals surface area contributed by atoms with Crippen LogP contribution in [0.1, 0.15) is 16.7 Å². The summed E-state index contributed by atoms with van der Waals surface area (Å²) in [7, 11) is 1.40. The quantitative estimate of drug-likeness (QED) is 0.124. The van der Waals surface area contributed by atoms with Crippen LogP contribution < -0.4 is 15.8 Å². The minimum absolute atomic E-state index is 0.0569. The molecule has 0 aliphatic carbocycles. The molecule has 0 aromatic heterocycles. The van der Waals surface area contributed by atoms with Gasteiger partial charge in [-0.2, -0.15) is 0 Å². The van der Waals surface area contributed by atoms with Crippen LogP contribution in [-0.4, -0.2) is 25.7 Å². The first-order valence-corrected chi connectivity index (χ1v) is 13.2. The number of hydrogen-bond acceptors (Lipinski definition) is 5. The van der Waals surface area contributed by atoms with E-state index >= 15 is 0 Å². The second-order valence-corrected chi connectivity index (χ2v) is 9.53. The van der Waals surface area contributed by atoms with Crippen LogP contribution in [-0.2, 0) is 15.1 Å². The molecule has 5 aromatic rings. The first-order valence-electron chi connectivity index (χ1n) is 13.2. The number of benzene rings is 5. The van der Waals surface area contributed by atoms with E-state index in [1.54, 1.807) is 0 Å². The number of hydrogen-bond donors (Lipinski definition) is 2. The Balaban J connectivity index is 1.53. The van der Waals surface area contributed by atoms with E-state index < -0.39 is 17.6 Å². The highest BCUT2D eigenvalue weighted by Gasteiger charge is 2.40. The second-order valence-electron chi connectivity index (χ2n) is 9.53. The summed E-state index contributed by atoms with van der Waals surface area (Å²) >= 11 is 0. The first-order chi connectivity index (χ1) is 19.6. The van der Waals surface area contributed by atoms with Crippen LogP contribution in [0.25, 0.3) is 11.1 Å². The molecule has 0 aliphatic rings. The maximum absolute atomic E-state index is 13.3. The molecule has 3 N–H and O–H groups in total. The lowest BCUT2D eigenvalue weighted by Gasteiger charge is -2.39. The Kier molecular flexibility index (Phi) is 8.24. The Morgan fingerprint density at radius 2 is 1.20 bits per heavy atom. The highest BCUT2D eigenvalue weighted by Crippen LogP contribution is 2.37. The van der Waals surface area contributed by atoms with Gasteiger partial charge >= 0.3 is 5.97 Å². The predicted molar refractivity (Wildman–Crippen MR) is 160 cm³/mol. The van der Waals surface area contributed by atoms with Crippen molar-refractivity contribution in [3.8, 4) is 16.9 Å². The van der Waals surface area contributed by atoms with Gasteiger partial charge in [-0.05, 0) is 52.1 Å². The fraction of sp³-hybridized carbons (Fsp3) is 0.114. The van der Waals surface area contributed by atoms with Gasteiger partial charge in [-0.1, -0.05) is 115 Å². The highest BCUT2D eigenvalue weighted by atomic mass is 16.5. The summed E-state index contributed by atoms with van der Waals surface area (Å²) in [5.74, 6) is 0.222. The number of nitrogen functional groups attached to an aromatic ring is 1. The van der Waals surface area contributed by atoms with Crippen molar-refractivity contribution in [3.05, 3.63) is 156 Å². The Bertz CT molecular complexity index is 1440. The molecule has 5 rings (SSSR count). The molecule has 0 amide bonds. The molecule has 0 spiro atoms. The van der Waals surface area contributed by atoms with E-state index in [4.69, 9.17) is 15.2 Å². The molecule has 5 aromatic carbocycles. The molecule has 0 aliphatic heterocycles. The van der Waals surface area contributed by atoms with Crippen LogP contribution >= 0.6 is 0 Å². The number of carbonyl (C=O) groups is 1. The maximum atomic E-state index is 13.3. The lowest BCUT2D eigenvalue weighted by molar-refractivity contribution is -0.144. The first kappa shape index (κ1) is 26.7. The minimum atomic E-state index is -0.852. The van der Waals surface area contributed by atoms with Gasteiger partial charge in [0, 0.05) is 5.69 Å². The third kappa shape index (κ3) is 5.75. The molecule has 200 valence electrons. The molecule has 0 saturated heterocycles. The second kappa shape index (κ2) is 12.3.